The van der Waals surface area contributed by atoms with Crippen molar-refractivity contribution < 1.29 is 4.74 Å². The minimum atomic E-state index is 0.397. The maximum absolute atomic E-state index is 5.33. The van der Waals surface area contributed by atoms with Crippen molar-refractivity contribution in [3.8, 4) is 5.75 Å². The Morgan fingerprint density at radius 2 is 2.21 bits per heavy atom. The Balaban J connectivity index is 2.05. The molecule has 19 heavy (non-hydrogen) atoms. The second-order valence-electron chi connectivity index (χ2n) is 5.10. The summed E-state index contributed by atoms with van der Waals surface area (Å²) in [6.45, 7) is 2.01. The Kier molecular flexibility index (Phi) is 3.22. The molecule has 1 aliphatic rings. The predicted octanol–water partition coefficient (Wildman–Crippen LogP) is 2.67. The molecule has 3 nitrogen and oxygen atoms in total. The van der Waals surface area contributed by atoms with Crippen LogP contribution in [0.5, 0.6) is 5.75 Å². The lowest BCUT2D eigenvalue weighted by molar-refractivity contribution is 0.294. The molecule has 98 valence electrons. The first kappa shape index (κ1) is 12.2. The molecule has 1 unspecified atom stereocenters. The third kappa shape index (κ3) is 2.34. The van der Waals surface area contributed by atoms with E-state index in [1.165, 1.54) is 16.7 Å². The van der Waals surface area contributed by atoms with E-state index in [9.17, 15) is 0 Å². The molecular formula is C16H18N2O. The largest absolute Gasteiger partial charge is 0.497 e. The van der Waals surface area contributed by atoms with E-state index < -0.39 is 0 Å². The SMILES string of the molecule is COc1ccc2c(c1)CN(C)CC2c1cccnc1. The molecule has 0 amide bonds. The van der Waals surface area contributed by atoms with Crippen LogP contribution in [-0.4, -0.2) is 30.6 Å². The van der Waals surface area contributed by atoms with Gasteiger partial charge in [-0.2, -0.15) is 0 Å². The lowest BCUT2D eigenvalue weighted by Crippen LogP contribution is -2.31. The second kappa shape index (κ2) is 5.02. The maximum atomic E-state index is 5.33. The Morgan fingerprint density at radius 1 is 1.32 bits per heavy atom. The summed E-state index contributed by atoms with van der Waals surface area (Å²) in [6.07, 6.45) is 3.79. The Hall–Kier alpha value is -1.87. The van der Waals surface area contributed by atoms with Crippen LogP contribution >= 0.6 is 0 Å². The van der Waals surface area contributed by atoms with E-state index in [0.29, 0.717) is 5.92 Å². The molecule has 1 aliphatic heterocycles. The van der Waals surface area contributed by atoms with Gasteiger partial charge in [0.05, 0.1) is 7.11 Å². The van der Waals surface area contributed by atoms with Gasteiger partial charge in [-0.15, -0.1) is 0 Å². The Morgan fingerprint density at radius 3 is 2.95 bits per heavy atom. The molecule has 2 aromatic rings. The van der Waals surface area contributed by atoms with E-state index in [-0.39, 0.29) is 0 Å². The van der Waals surface area contributed by atoms with Gasteiger partial charge in [0.1, 0.15) is 5.75 Å². The number of hydrogen-bond donors (Lipinski definition) is 0. The maximum Gasteiger partial charge on any atom is 0.119 e. The first-order valence-electron chi connectivity index (χ1n) is 6.53. The molecule has 0 saturated carbocycles. The van der Waals surface area contributed by atoms with Crippen LogP contribution in [0.1, 0.15) is 22.6 Å². The number of fused-ring (bicyclic) bond motifs is 1. The van der Waals surface area contributed by atoms with E-state index in [1.807, 2.05) is 24.5 Å². The number of nitrogens with zero attached hydrogens (tertiary/aromatic N) is 2. The van der Waals surface area contributed by atoms with Gasteiger partial charge in [-0.05, 0) is 41.9 Å². The highest BCUT2D eigenvalue weighted by molar-refractivity contribution is 5.43. The molecule has 0 radical (unpaired) electrons. The minimum Gasteiger partial charge on any atom is -0.497 e. The topological polar surface area (TPSA) is 25.4 Å². The van der Waals surface area contributed by atoms with Crippen LogP contribution in [0.3, 0.4) is 0 Å². The molecule has 0 saturated heterocycles. The standard InChI is InChI=1S/C16H18N2O/c1-18-10-13-8-14(19-2)5-6-15(13)16(11-18)12-4-3-7-17-9-12/h3-9,16H,10-11H2,1-2H3. The lowest BCUT2D eigenvalue weighted by atomic mass is 9.85. The molecule has 3 rings (SSSR count). The minimum absolute atomic E-state index is 0.397. The van der Waals surface area contributed by atoms with Crippen molar-refractivity contribution in [2.24, 2.45) is 0 Å². The van der Waals surface area contributed by atoms with E-state index in [2.05, 4.69) is 35.1 Å². The number of methoxy groups -OCH3 is 1. The second-order valence-corrected chi connectivity index (χ2v) is 5.10. The zero-order valence-electron chi connectivity index (χ0n) is 11.3. The van der Waals surface area contributed by atoms with Gasteiger partial charge in [0.25, 0.3) is 0 Å². The quantitative estimate of drug-likeness (QED) is 0.824. The Labute approximate surface area is 113 Å². The number of likely N-dealkylation sites (N-methyl/N-ethyl adjacent to an activating group) is 1. The lowest BCUT2D eigenvalue weighted by Gasteiger charge is -2.32. The van der Waals surface area contributed by atoms with Crippen molar-refractivity contribution in [2.45, 2.75) is 12.5 Å². The smallest absolute Gasteiger partial charge is 0.119 e. The molecule has 0 spiro atoms. The van der Waals surface area contributed by atoms with Gasteiger partial charge in [0, 0.05) is 31.4 Å². The van der Waals surface area contributed by atoms with Crippen molar-refractivity contribution in [1.82, 2.24) is 9.88 Å². The average Bonchev–Trinajstić information content (AvgIpc) is 2.46. The van der Waals surface area contributed by atoms with Gasteiger partial charge < -0.3 is 9.64 Å². The Bertz CT molecular complexity index is 568. The highest BCUT2D eigenvalue weighted by atomic mass is 16.5. The summed E-state index contributed by atoms with van der Waals surface area (Å²) in [7, 11) is 3.87. The highest BCUT2D eigenvalue weighted by Crippen LogP contribution is 2.34. The fourth-order valence-corrected chi connectivity index (χ4v) is 2.82. The van der Waals surface area contributed by atoms with Crippen molar-refractivity contribution in [2.75, 3.05) is 20.7 Å². The van der Waals surface area contributed by atoms with Gasteiger partial charge >= 0.3 is 0 Å². The van der Waals surface area contributed by atoms with Gasteiger partial charge in [0.2, 0.25) is 0 Å². The van der Waals surface area contributed by atoms with Crippen LogP contribution < -0.4 is 4.74 Å². The van der Waals surface area contributed by atoms with Crippen LogP contribution in [0, 0.1) is 0 Å². The van der Waals surface area contributed by atoms with Crippen LogP contribution in [0.15, 0.2) is 42.7 Å². The number of benzene rings is 1. The average molecular weight is 254 g/mol. The van der Waals surface area contributed by atoms with E-state index in [4.69, 9.17) is 4.74 Å². The number of rotatable bonds is 2. The summed E-state index contributed by atoms with van der Waals surface area (Å²) in [4.78, 5) is 6.60. The summed E-state index contributed by atoms with van der Waals surface area (Å²) >= 11 is 0. The molecule has 0 N–H and O–H groups in total. The molecule has 0 aliphatic carbocycles. The molecule has 0 bridgehead atoms. The van der Waals surface area contributed by atoms with Gasteiger partial charge in [-0.25, -0.2) is 0 Å². The van der Waals surface area contributed by atoms with Gasteiger partial charge in [-0.3, -0.25) is 4.98 Å². The third-order valence-electron chi connectivity index (χ3n) is 3.75. The molecular weight excluding hydrogens is 236 g/mol. The van der Waals surface area contributed by atoms with Crippen molar-refractivity contribution >= 4 is 0 Å². The first-order chi connectivity index (χ1) is 9.28. The van der Waals surface area contributed by atoms with Crippen LogP contribution in [0.2, 0.25) is 0 Å². The predicted molar refractivity (Wildman–Crippen MR) is 75.4 cm³/mol. The van der Waals surface area contributed by atoms with Crippen molar-refractivity contribution in [3.05, 3.63) is 59.4 Å². The molecule has 1 aromatic heterocycles. The zero-order chi connectivity index (χ0) is 13.2. The van der Waals surface area contributed by atoms with Crippen LogP contribution in [0.25, 0.3) is 0 Å². The number of pyridine rings is 1. The normalized spacial score (nSPS) is 18.9. The van der Waals surface area contributed by atoms with E-state index in [0.717, 1.165) is 18.8 Å². The van der Waals surface area contributed by atoms with Gasteiger partial charge in [0.15, 0.2) is 0 Å². The fourth-order valence-electron chi connectivity index (χ4n) is 2.82. The number of hydrogen-bond acceptors (Lipinski definition) is 3. The number of ether oxygens (including phenoxy) is 1. The first-order valence-corrected chi connectivity index (χ1v) is 6.53. The van der Waals surface area contributed by atoms with E-state index in [1.54, 1.807) is 7.11 Å². The summed E-state index contributed by atoms with van der Waals surface area (Å²) in [5.74, 6) is 1.33. The molecule has 2 heterocycles. The molecule has 3 heteroatoms. The van der Waals surface area contributed by atoms with Crippen molar-refractivity contribution in [1.29, 1.82) is 0 Å². The highest BCUT2D eigenvalue weighted by Gasteiger charge is 2.25. The third-order valence-corrected chi connectivity index (χ3v) is 3.75. The fraction of sp³-hybridized carbons (Fsp3) is 0.312. The summed E-state index contributed by atoms with van der Waals surface area (Å²) < 4.78 is 5.33. The monoisotopic (exact) mass is 254 g/mol. The van der Waals surface area contributed by atoms with E-state index >= 15 is 0 Å². The molecule has 1 atom stereocenters. The van der Waals surface area contributed by atoms with Crippen LogP contribution in [0.4, 0.5) is 0 Å². The summed E-state index contributed by atoms with van der Waals surface area (Å²) in [5.41, 5.74) is 4.02. The summed E-state index contributed by atoms with van der Waals surface area (Å²) in [6, 6.07) is 10.6. The zero-order valence-corrected chi connectivity index (χ0v) is 11.3. The number of aromatic nitrogens is 1. The van der Waals surface area contributed by atoms with Crippen molar-refractivity contribution in [3.63, 3.8) is 0 Å². The molecule has 0 fully saturated rings. The molecule has 1 aromatic carbocycles. The summed E-state index contributed by atoms with van der Waals surface area (Å²) in [5, 5.41) is 0. The van der Waals surface area contributed by atoms with Crippen LogP contribution in [-0.2, 0) is 6.54 Å². The van der Waals surface area contributed by atoms with Gasteiger partial charge in [-0.1, -0.05) is 12.1 Å².